The fraction of sp³-hybridized carbons (Fsp3) is 0.176. The van der Waals surface area contributed by atoms with E-state index in [-0.39, 0.29) is 5.75 Å². The lowest BCUT2D eigenvalue weighted by molar-refractivity contribution is 0.419. The SMILES string of the molecule is CC.COc1cc(-c2ccccn2)nc2cc(O)ccc12. The van der Waals surface area contributed by atoms with Gasteiger partial charge in [0.15, 0.2) is 0 Å². The topological polar surface area (TPSA) is 55.2 Å². The van der Waals surface area contributed by atoms with Gasteiger partial charge in [-0.05, 0) is 24.3 Å². The monoisotopic (exact) mass is 282 g/mol. The molecule has 108 valence electrons. The zero-order chi connectivity index (χ0) is 15.2. The van der Waals surface area contributed by atoms with Crippen LogP contribution in [0.4, 0.5) is 0 Å². The summed E-state index contributed by atoms with van der Waals surface area (Å²) in [6.07, 6.45) is 1.72. The molecule has 2 heterocycles. The van der Waals surface area contributed by atoms with E-state index in [1.807, 2.05) is 38.1 Å². The third-order valence-electron chi connectivity index (χ3n) is 2.90. The Labute approximate surface area is 124 Å². The van der Waals surface area contributed by atoms with Crippen LogP contribution < -0.4 is 4.74 Å². The van der Waals surface area contributed by atoms with Gasteiger partial charge < -0.3 is 9.84 Å². The molecule has 21 heavy (non-hydrogen) atoms. The molecule has 0 unspecified atom stereocenters. The molecule has 0 aliphatic rings. The number of aromatic hydroxyl groups is 1. The van der Waals surface area contributed by atoms with Crippen molar-refractivity contribution in [3.8, 4) is 22.9 Å². The Kier molecular flexibility index (Phi) is 4.72. The zero-order valence-corrected chi connectivity index (χ0v) is 12.4. The first-order chi connectivity index (χ1) is 10.3. The highest BCUT2D eigenvalue weighted by atomic mass is 16.5. The maximum atomic E-state index is 9.56. The molecular weight excluding hydrogens is 264 g/mol. The highest BCUT2D eigenvalue weighted by Crippen LogP contribution is 2.30. The Morgan fingerprint density at radius 3 is 2.48 bits per heavy atom. The lowest BCUT2D eigenvalue weighted by atomic mass is 10.1. The molecule has 0 aliphatic carbocycles. The van der Waals surface area contributed by atoms with E-state index in [0.29, 0.717) is 11.3 Å². The van der Waals surface area contributed by atoms with Crippen LogP contribution in [0.15, 0.2) is 48.7 Å². The number of phenolic OH excluding ortho intramolecular Hbond substituents is 1. The van der Waals surface area contributed by atoms with Crippen molar-refractivity contribution in [1.82, 2.24) is 9.97 Å². The second-order valence-electron chi connectivity index (χ2n) is 4.13. The van der Waals surface area contributed by atoms with Gasteiger partial charge in [-0.2, -0.15) is 0 Å². The summed E-state index contributed by atoms with van der Waals surface area (Å²) < 4.78 is 5.38. The number of aromatic nitrogens is 2. The van der Waals surface area contributed by atoms with Gasteiger partial charge in [-0.25, -0.2) is 4.98 Å². The van der Waals surface area contributed by atoms with Gasteiger partial charge in [0.2, 0.25) is 0 Å². The van der Waals surface area contributed by atoms with E-state index < -0.39 is 0 Å². The van der Waals surface area contributed by atoms with Crippen molar-refractivity contribution in [3.63, 3.8) is 0 Å². The van der Waals surface area contributed by atoms with E-state index in [4.69, 9.17) is 4.74 Å². The van der Waals surface area contributed by atoms with Crippen LogP contribution in [-0.4, -0.2) is 22.2 Å². The van der Waals surface area contributed by atoms with Crippen LogP contribution in [-0.2, 0) is 0 Å². The van der Waals surface area contributed by atoms with E-state index >= 15 is 0 Å². The Morgan fingerprint density at radius 2 is 1.81 bits per heavy atom. The number of hydrogen-bond donors (Lipinski definition) is 1. The summed E-state index contributed by atoms with van der Waals surface area (Å²) in [4.78, 5) is 8.79. The van der Waals surface area contributed by atoms with Gasteiger partial charge in [0, 0.05) is 23.7 Å². The fourth-order valence-corrected chi connectivity index (χ4v) is 2.00. The highest BCUT2D eigenvalue weighted by Gasteiger charge is 2.09. The largest absolute Gasteiger partial charge is 0.508 e. The van der Waals surface area contributed by atoms with Crippen molar-refractivity contribution in [2.45, 2.75) is 13.8 Å². The van der Waals surface area contributed by atoms with Crippen molar-refractivity contribution in [3.05, 3.63) is 48.7 Å². The molecule has 0 saturated carbocycles. The normalized spacial score (nSPS) is 9.86. The number of nitrogens with zero attached hydrogens (tertiary/aromatic N) is 2. The van der Waals surface area contributed by atoms with Gasteiger partial charge in [-0.15, -0.1) is 0 Å². The van der Waals surface area contributed by atoms with Crippen LogP contribution in [0.2, 0.25) is 0 Å². The summed E-state index contributed by atoms with van der Waals surface area (Å²) in [5.74, 6) is 0.894. The van der Waals surface area contributed by atoms with Gasteiger partial charge in [0.05, 0.1) is 24.0 Å². The predicted molar refractivity (Wildman–Crippen MR) is 84.5 cm³/mol. The van der Waals surface area contributed by atoms with Crippen LogP contribution >= 0.6 is 0 Å². The van der Waals surface area contributed by atoms with Crippen LogP contribution in [0.1, 0.15) is 13.8 Å². The van der Waals surface area contributed by atoms with Gasteiger partial charge in [0.25, 0.3) is 0 Å². The van der Waals surface area contributed by atoms with E-state index in [0.717, 1.165) is 16.8 Å². The minimum Gasteiger partial charge on any atom is -0.508 e. The number of methoxy groups -OCH3 is 1. The van der Waals surface area contributed by atoms with Crippen LogP contribution in [0.25, 0.3) is 22.3 Å². The molecule has 0 aliphatic heterocycles. The quantitative estimate of drug-likeness (QED) is 0.770. The molecule has 4 heteroatoms. The van der Waals surface area contributed by atoms with E-state index in [1.165, 1.54) is 0 Å². The van der Waals surface area contributed by atoms with Crippen molar-refractivity contribution < 1.29 is 9.84 Å². The summed E-state index contributed by atoms with van der Waals surface area (Å²) in [6, 6.07) is 12.5. The van der Waals surface area contributed by atoms with Crippen molar-refractivity contribution in [2.75, 3.05) is 7.11 Å². The molecule has 0 saturated heterocycles. The molecule has 0 radical (unpaired) electrons. The molecule has 1 aromatic carbocycles. The number of hydrogen-bond acceptors (Lipinski definition) is 4. The second-order valence-corrected chi connectivity index (χ2v) is 4.13. The van der Waals surface area contributed by atoms with Crippen LogP contribution in [0, 0.1) is 0 Å². The molecular formula is C17H18N2O2. The maximum Gasteiger partial charge on any atom is 0.130 e. The number of rotatable bonds is 2. The van der Waals surface area contributed by atoms with E-state index in [9.17, 15) is 5.11 Å². The van der Waals surface area contributed by atoms with Crippen molar-refractivity contribution >= 4 is 10.9 Å². The summed E-state index contributed by atoms with van der Waals surface area (Å²) in [7, 11) is 1.61. The maximum absolute atomic E-state index is 9.56. The molecule has 3 aromatic rings. The number of benzene rings is 1. The third kappa shape index (κ3) is 3.11. The smallest absolute Gasteiger partial charge is 0.130 e. The van der Waals surface area contributed by atoms with Crippen LogP contribution in [0.3, 0.4) is 0 Å². The lowest BCUT2D eigenvalue weighted by Gasteiger charge is -2.08. The average Bonchev–Trinajstić information content (AvgIpc) is 2.56. The molecule has 0 atom stereocenters. The Balaban J connectivity index is 0.000000774. The number of fused-ring (bicyclic) bond motifs is 1. The van der Waals surface area contributed by atoms with Crippen LogP contribution in [0.5, 0.6) is 11.5 Å². The molecule has 1 N–H and O–H groups in total. The Morgan fingerprint density at radius 1 is 1.00 bits per heavy atom. The first-order valence-electron chi connectivity index (χ1n) is 6.87. The number of pyridine rings is 2. The van der Waals surface area contributed by atoms with Gasteiger partial charge in [-0.1, -0.05) is 19.9 Å². The number of phenols is 1. The van der Waals surface area contributed by atoms with Gasteiger partial charge in [-0.3, -0.25) is 4.98 Å². The first-order valence-corrected chi connectivity index (χ1v) is 6.87. The molecule has 0 spiro atoms. The van der Waals surface area contributed by atoms with E-state index in [1.54, 1.807) is 31.5 Å². The molecule has 0 bridgehead atoms. The zero-order valence-electron chi connectivity index (χ0n) is 12.4. The summed E-state index contributed by atoms with van der Waals surface area (Å²) in [5, 5.41) is 10.4. The molecule has 3 rings (SSSR count). The molecule has 0 amide bonds. The summed E-state index contributed by atoms with van der Waals surface area (Å²) in [5.41, 5.74) is 2.17. The molecule has 0 fully saturated rings. The summed E-state index contributed by atoms with van der Waals surface area (Å²) >= 11 is 0. The number of ether oxygens (including phenoxy) is 1. The Hall–Kier alpha value is -2.62. The third-order valence-corrected chi connectivity index (χ3v) is 2.90. The van der Waals surface area contributed by atoms with Crippen molar-refractivity contribution in [1.29, 1.82) is 0 Å². The minimum absolute atomic E-state index is 0.181. The minimum atomic E-state index is 0.181. The van der Waals surface area contributed by atoms with Crippen molar-refractivity contribution in [2.24, 2.45) is 0 Å². The van der Waals surface area contributed by atoms with Gasteiger partial charge in [0.1, 0.15) is 11.5 Å². The summed E-state index contributed by atoms with van der Waals surface area (Å²) in [6.45, 7) is 4.00. The fourth-order valence-electron chi connectivity index (χ4n) is 2.00. The molecule has 4 nitrogen and oxygen atoms in total. The first kappa shape index (κ1) is 14.8. The lowest BCUT2D eigenvalue weighted by Crippen LogP contribution is -1.92. The Bertz CT molecular complexity index is 727. The average molecular weight is 282 g/mol. The predicted octanol–water partition coefficient (Wildman–Crippen LogP) is 4.04. The van der Waals surface area contributed by atoms with Gasteiger partial charge >= 0.3 is 0 Å². The van der Waals surface area contributed by atoms with E-state index in [2.05, 4.69) is 9.97 Å². The highest BCUT2D eigenvalue weighted by molar-refractivity contribution is 5.88. The standard InChI is InChI=1S/C15H12N2O2.C2H6/c1-19-15-9-14(12-4-2-3-7-16-12)17-13-8-10(18)5-6-11(13)15;1-2/h2-9,18H,1H3;1-2H3. The second kappa shape index (κ2) is 6.70. The molecule has 2 aromatic heterocycles.